The highest BCUT2D eigenvalue weighted by Crippen LogP contribution is 2.37. The Bertz CT molecular complexity index is 1360. The van der Waals surface area contributed by atoms with E-state index >= 15 is 4.39 Å². The van der Waals surface area contributed by atoms with E-state index in [-0.39, 0.29) is 39.3 Å². The van der Waals surface area contributed by atoms with Crippen LogP contribution in [0.2, 0.25) is 0 Å². The summed E-state index contributed by atoms with van der Waals surface area (Å²) in [5.41, 5.74) is -0.167. The third kappa shape index (κ3) is 3.29. The number of esters is 1. The van der Waals surface area contributed by atoms with Crippen molar-refractivity contribution in [3.63, 3.8) is 0 Å². The lowest BCUT2D eigenvalue weighted by atomic mass is 9.98. The molecule has 0 fully saturated rings. The van der Waals surface area contributed by atoms with Crippen molar-refractivity contribution in [1.29, 1.82) is 0 Å². The summed E-state index contributed by atoms with van der Waals surface area (Å²) in [6.45, 7) is 0. The van der Waals surface area contributed by atoms with Crippen LogP contribution in [0.4, 0.5) is 13.2 Å². The lowest BCUT2D eigenvalue weighted by Crippen LogP contribution is -2.02. The van der Waals surface area contributed by atoms with E-state index in [0.717, 1.165) is 12.3 Å². The largest absolute Gasteiger partial charge is 0.465 e. The first-order valence-corrected chi connectivity index (χ1v) is 8.81. The fourth-order valence-electron chi connectivity index (χ4n) is 3.32. The van der Waals surface area contributed by atoms with Gasteiger partial charge in [0.25, 0.3) is 0 Å². The highest BCUT2D eigenvalue weighted by molar-refractivity contribution is 5.95. The van der Waals surface area contributed by atoms with Gasteiger partial charge >= 0.3 is 5.97 Å². The van der Waals surface area contributed by atoms with Crippen molar-refractivity contribution in [2.45, 2.75) is 0 Å². The maximum absolute atomic E-state index is 15.0. The van der Waals surface area contributed by atoms with Gasteiger partial charge in [0.2, 0.25) is 5.95 Å². The van der Waals surface area contributed by atoms with Crippen molar-refractivity contribution < 1.29 is 27.9 Å². The first-order valence-electron chi connectivity index (χ1n) is 8.81. The Balaban J connectivity index is 2.06. The quantitative estimate of drug-likeness (QED) is 0.232. The molecule has 0 aliphatic heterocycles. The van der Waals surface area contributed by atoms with Crippen LogP contribution in [0.25, 0.3) is 28.0 Å². The number of halogens is 3. The SMILES string of the molecule is COC(=O)c1ccn2c(C=NO)c(-c3c(-c4cn(C)nc4F)ccc(F)c3F)nc2c1. The Morgan fingerprint density at radius 2 is 2.00 bits per heavy atom. The smallest absolute Gasteiger partial charge is 0.338 e. The molecule has 0 radical (unpaired) electrons. The molecule has 158 valence electrons. The van der Waals surface area contributed by atoms with Crippen molar-refractivity contribution in [1.82, 2.24) is 19.2 Å². The van der Waals surface area contributed by atoms with Gasteiger partial charge in [0.15, 0.2) is 11.6 Å². The zero-order valence-electron chi connectivity index (χ0n) is 16.2. The third-order valence-electron chi connectivity index (χ3n) is 4.67. The first kappa shape index (κ1) is 20.1. The van der Waals surface area contributed by atoms with Crippen molar-refractivity contribution in [2.75, 3.05) is 7.11 Å². The van der Waals surface area contributed by atoms with Crippen molar-refractivity contribution in [2.24, 2.45) is 12.2 Å². The van der Waals surface area contributed by atoms with E-state index in [1.54, 1.807) is 0 Å². The Kier molecular flexibility index (Phi) is 4.93. The third-order valence-corrected chi connectivity index (χ3v) is 4.67. The molecule has 0 spiro atoms. The van der Waals surface area contributed by atoms with Gasteiger partial charge in [-0.25, -0.2) is 18.6 Å². The fourth-order valence-corrected chi connectivity index (χ4v) is 3.32. The number of aryl methyl sites for hydroxylation is 1. The van der Waals surface area contributed by atoms with Gasteiger partial charge in [-0.2, -0.15) is 4.39 Å². The van der Waals surface area contributed by atoms with Crippen LogP contribution in [0.3, 0.4) is 0 Å². The molecule has 31 heavy (non-hydrogen) atoms. The molecule has 0 saturated heterocycles. The molecule has 0 aliphatic rings. The van der Waals surface area contributed by atoms with Crippen LogP contribution in [0.15, 0.2) is 41.8 Å². The van der Waals surface area contributed by atoms with E-state index < -0.39 is 23.6 Å². The normalized spacial score (nSPS) is 11.5. The summed E-state index contributed by atoms with van der Waals surface area (Å²) in [5.74, 6) is -3.96. The lowest BCUT2D eigenvalue weighted by Gasteiger charge is -2.09. The number of imidazole rings is 1. The molecule has 0 bridgehead atoms. The summed E-state index contributed by atoms with van der Waals surface area (Å²) in [7, 11) is 2.69. The van der Waals surface area contributed by atoms with Gasteiger partial charge in [0, 0.05) is 30.6 Å². The number of hydrogen-bond acceptors (Lipinski definition) is 6. The van der Waals surface area contributed by atoms with E-state index in [1.165, 1.54) is 53.8 Å². The van der Waals surface area contributed by atoms with Gasteiger partial charge in [0.05, 0.1) is 30.1 Å². The second-order valence-corrected chi connectivity index (χ2v) is 6.52. The minimum absolute atomic E-state index is 0.00585. The van der Waals surface area contributed by atoms with Crippen LogP contribution in [0.5, 0.6) is 0 Å². The Labute approximate surface area is 172 Å². The molecule has 1 N–H and O–H groups in total. The number of rotatable bonds is 4. The summed E-state index contributed by atoms with van der Waals surface area (Å²) in [5, 5.41) is 15.7. The van der Waals surface area contributed by atoms with Crippen molar-refractivity contribution in [3.8, 4) is 22.4 Å². The second kappa shape index (κ2) is 7.59. The molecule has 1 aromatic carbocycles. The van der Waals surface area contributed by atoms with Crippen LogP contribution in [-0.2, 0) is 11.8 Å². The van der Waals surface area contributed by atoms with Gasteiger partial charge in [-0.05, 0) is 18.2 Å². The zero-order valence-corrected chi connectivity index (χ0v) is 16.2. The van der Waals surface area contributed by atoms with E-state index in [4.69, 9.17) is 5.21 Å². The number of pyridine rings is 1. The predicted octanol–water partition coefficient (Wildman–Crippen LogP) is 3.41. The van der Waals surface area contributed by atoms with Crippen LogP contribution in [-0.4, -0.2) is 43.7 Å². The number of nitrogens with zero attached hydrogens (tertiary/aromatic N) is 5. The molecule has 11 heteroatoms. The molecule has 0 saturated carbocycles. The number of oxime groups is 1. The minimum Gasteiger partial charge on any atom is -0.465 e. The van der Waals surface area contributed by atoms with Crippen LogP contribution >= 0.6 is 0 Å². The predicted molar refractivity (Wildman–Crippen MR) is 103 cm³/mol. The van der Waals surface area contributed by atoms with E-state index in [0.29, 0.717) is 0 Å². The fraction of sp³-hybridized carbons (Fsp3) is 0.100. The van der Waals surface area contributed by atoms with Gasteiger partial charge in [0.1, 0.15) is 11.3 Å². The number of ether oxygens (including phenoxy) is 1. The molecule has 8 nitrogen and oxygen atoms in total. The Morgan fingerprint density at radius 3 is 2.65 bits per heavy atom. The number of methoxy groups -OCH3 is 1. The first-order chi connectivity index (χ1) is 14.8. The number of carbonyl (C=O) groups excluding carboxylic acids is 1. The summed E-state index contributed by atoms with van der Waals surface area (Å²) < 4.78 is 50.9. The Morgan fingerprint density at radius 1 is 1.23 bits per heavy atom. The number of benzene rings is 1. The molecular weight excluding hydrogens is 415 g/mol. The summed E-state index contributed by atoms with van der Waals surface area (Å²) in [4.78, 5) is 16.1. The molecule has 0 amide bonds. The number of hydrogen-bond donors (Lipinski definition) is 1. The van der Waals surface area contributed by atoms with E-state index in [9.17, 15) is 13.6 Å². The summed E-state index contributed by atoms with van der Waals surface area (Å²) in [6.07, 6.45) is 3.72. The van der Waals surface area contributed by atoms with Gasteiger partial charge in [-0.1, -0.05) is 11.2 Å². The van der Waals surface area contributed by atoms with E-state index in [1.807, 2.05) is 0 Å². The minimum atomic E-state index is -1.27. The molecule has 4 aromatic rings. The highest BCUT2D eigenvalue weighted by Gasteiger charge is 2.25. The number of fused-ring (bicyclic) bond motifs is 1. The standard InChI is InChI=1S/C20H14F3N5O3/c1-27-9-12(19(23)26-27)11-3-4-13(21)17(22)16(11)18-14(8-24-30)28-6-5-10(20(29)31-2)7-15(28)25-18/h3-9,30H,1-2H3. The van der Waals surface area contributed by atoms with Gasteiger partial charge in [-0.3, -0.25) is 9.08 Å². The number of carbonyl (C=O) groups is 1. The van der Waals surface area contributed by atoms with Crippen molar-refractivity contribution >= 4 is 17.8 Å². The molecule has 4 rings (SSSR count). The van der Waals surface area contributed by atoms with Gasteiger partial charge < -0.3 is 9.94 Å². The lowest BCUT2D eigenvalue weighted by molar-refractivity contribution is 0.0600. The molecule has 3 aromatic heterocycles. The average Bonchev–Trinajstić information content (AvgIpc) is 3.28. The van der Waals surface area contributed by atoms with Crippen LogP contribution in [0, 0.1) is 17.6 Å². The van der Waals surface area contributed by atoms with Crippen LogP contribution in [0.1, 0.15) is 16.1 Å². The maximum atomic E-state index is 15.0. The molecule has 0 aliphatic carbocycles. The molecule has 3 heterocycles. The zero-order chi connectivity index (χ0) is 22.3. The average molecular weight is 429 g/mol. The maximum Gasteiger partial charge on any atom is 0.338 e. The summed E-state index contributed by atoms with van der Waals surface area (Å²) in [6, 6.07) is 4.86. The molecule has 0 unspecified atom stereocenters. The molecular formula is C20H14F3N5O3. The van der Waals surface area contributed by atoms with E-state index in [2.05, 4.69) is 20.0 Å². The van der Waals surface area contributed by atoms with Gasteiger partial charge in [-0.15, -0.1) is 5.10 Å². The highest BCUT2D eigenvalue weighted by atomic mass is 19.2. The topological polar surface area (TPSA) is 94.0 Å². The molecule has 0 atom stereocenters. The van der Waals surface area contributed by atoms with Crippen LogP contribution < -0.4 is 0 Å². The number of aromatic nitrogens is 4. The monoisotopic (exact) mass is 429 g/mol. The second-order valence-electron chi connectivity index (χ2n) is 6.52. The Hall–Kier alpha value is -4.15. The van der Waals surface area contributed by atoms with Crippen molar-refractivity contribution in [3.05, 3.63) is 65.5 Å². The summed E-state index contributed by atoms with van der Waals surface area (Å²) >= 11 is 0.